The highest BCUT2D eigenvalue weighted by Gasteiger charge is 2.14. The van der Waals surface area contributed by atoms with E-state index >= 15 is 0 Å². The molecule has 0 bridgehead atoms. The van der Waals surface area contributed by atoms with Crippen molar-refractivity contribution in [3.05, 3.63) is 29.3 Å². The summed E-state index contributed by atoms with van der Waals surface area (Å²) in [5, 5.41) is 11.6. The van der Waals surface area contributed by atoms with Gasteiger partial charge in [-0.3, -0.25) is 4.79 Å². The Kier molecular flexibility index (Phi) is 3.34. The quantitative estimate of drug-likeness (QED) is 0.767. The van der Waals surface area contributed by atoms with E-state index in [4.69, 9.17) is 11.6 Å². The number of methoxy groups -OCH3 is 1. The number of hydrogen-bond donors (Lipinski definition) is 0. The van der Waals surface area contributed by atoms with E-state index in [9.17, 15) is 4.79 Å². The van der Waals surface area contributed by atoms with Crippen LogP contribution in [0.3, 0.4) is 0 Å². The number of aromatic nitrogens is 4. The fourth-order valence-electron chi connectivity index (χ4n) is 1.33. The Morgan fingerprint density at radius 1 is 1.47 bits per heavy atom. The monoisotopic (exact) mass is 252 g/mol. The minimum absolute atomic E-state index is 0.0515. The van der Waals surface area contributed by atoms with E-state index in [0.717, 1.165) is 0 Å². The highest BCUT2D eigenvalue weighted by molar-refractivity contribution is 6.33. The summed E-state index contributed by atoms with van der Waals surface area (Å²) in [7, 11) is 1.31. The SMILES string of the molecule is COC(=O)Cn1nnnc1-c1ccccc1Cl. The zero-order valence-electron chi connectivity index (χ0n) is 9.00. The highest BCUT2D eigenvalue weighted by atomic mass is 35.5. The van der Waals surface area contributed by atoms with Crippen molar-refractivity contribution in [2.45, 2.75) is 6.54 Å². The van der Waals surface area contributed by atoms with Gasteiger partial charge in [0.25, 0.3) is 0 Å². The Labute approximate surface area is 102 Å². The van der Waals surface area contributed by atoms with Crippen LogP contribution in [0.15, 0.2) is 24.3 Å². The molecule has 0 radical (unpaired) electrons. The van der Waals surface area contributed by atoms with Crippen molar-refractivity contribution in [3.63, 3.8) is 0 Å². The van der Waals surface area contributed by atoms with Crippen LogP contribution in [-0.2, 0) is 16.1 Å². The summed E-state index contributed by atoms with van der Waals surface area (Å²) in [6.07, 6.45) is 0. The van der Waals surface area contributed by atoms with Crippen LogP contribution in [0.25, 0.3) is 11.4 Å². The second-order valence-electron chi connectivity index (χ2n) is 3.22. The number of esters is 1. The lowest BCUT2D eigenvalue weighted by Crippen LogP contribution is -2.14. The zero-order chi connectivity index (χ0) is 12.3. The second kappa shape index (κ2) is 4.92. The fraction of sp³-hybridized carbons (Fsp3) is 0.200. The molecule has 2 aromatic rings. The number of tetrazole rings is 1. The standard InChI is InChI=1S/C10H9ClN4O2/c1-17-9(16)6-15-10(12-13-14-15)7-4-2-3-5-8(7)11/h2-5H,6H2,1H3. The molecule has 0 saturated carbocycles. The number of nitrogens with zero attached hydrogens (tertiary/aromatic N) is 4. The van der Waals surface area contributed by atoms with Gasteiger partial charge in [-0.1, -0.05) is 23.7 Å². The van der Waals surface area contributed by atoms with Gasteiger partial charge >= 0.3 is 5.97 Å². The lowest BCUT2D eigenvalue weighted by Gasteiger charge is -2.04. The van der Waals surface area contributed by atoms with Crippen molar-refractivity contribution < 1.29 is 9.53 Å². The van der Waals surface area contributed by atoms with E-state index in [1.807, 2.05) is 6.07 Å². The van der Waals surface area contributed by atoms with Gasteiger partial charge in [-0.15, -0.1) is 5.10 Å². The van der Waals surface area contributed by atoms with Crippen molar-refractivity contribution in [2.24, 2.45) is 0 Å². The van der Waals surface area contributed by atoms with Gasteiger partial charge in [-0.2, -0.15) is 0 Å². The van der Waals surface area contributed by atoms with Crippen LogP contribution in [0.1, 0.15) is 0 Å². The van der Waals surface area contributed by atoms with Crippen LogP contribution in [0.5, 0.6) is 0 Å². The van der Waals surface area contributed by atoms with Gasteiger partial charge in [0.2, 0.25) is 0 Å². The Balaban J connectivity index is 2.37. The van der Waals surface area contributed by atoms with Gasteiger partial charge in [-0.05, 0) is 22.6 Å². The maximum absolute atomic E-state index is 11.2. The second-order valence-corrected chi connectivity index (χ2v) is 3.62. The number of carbonyl (C=O) groups excluding carboxylic acids is 1. The van der Waals surface area contributed by atoms with Gasteiger partial charge < -0.3 is 4.74 Å². The topological polar surface area (TPSA) is 69.9 Å². The molecule has 0 aliphatic rings. The molecule has 17 heavy (non-hydrogen) atoms. The van der Waals surface area contributed by atoms with E-state index < -0.39 is 5.97 Å². The smallest absolute Gasteiger partial charge is 0.327 e. The third-order valence-electron chi connectivity index (χ3n) is 2.15. The van der Waals surface area contributed by atoms with Crippen LogP contribution in [0.4, 0.5) is 0 Å². The summed E-state index contributed by atoms with van der Waals surface area (Å²) in [5.74, 6) is 0.00611. The Bertz CT molecular complexity index is 541. The van der Waals surface area contributed by atoms with E-state index in [-0.39, 0.29) is 6.54 Å². The van der Waals surface area contributed by atoms with E-state index in [1.54, 1.807) is 18.2 Å². The van der Waals surface area contributed by atoms with Crippen LogP contribution >= 0.6 is 11.6 Å². The molecule has 1 aromatic heterocycles. The molecule has 0 unspecified atom stereocenters. The maximum Gasteiger partial charge on any atom is 0.327 e. The summed E-state index contributed by atoms with van der Waals surface area (Å²) in [6, 6.07) is 7.13. The molecular formula is C10H9ClN4O2. The van der Waals surface area contributed by atoms with Crippen LogP contribution in [0.2, 0.25) is 5.02 Å². The summed E-state index contributed by atoms with van der Waals surface area (Å²) >= 11 is 6.03. The summed E-state index contributed by atoms with van der Waals surface area (Å²) in [5.41, 5.74) is 0.670. The van der Waals surface area contributed by atoms with E-state index in [1.165, 1.54) is 11.8 Å². The summed E-state index contributed by atoms with van der Waals surface area (Å²) in [4.78, 5) is 11.2. The number of benzene rings is 1. The average molecular weight is 253 g/mol. The number of ether oxygens (including phenoxy) is 1. The summed E-state index contributed by atoms with van der Waals surface area (Å²) < 4.78 is 5.90. The van der Waals surface area contributed by atoms with Crippen LogP contribution in [0, 0.1) is 0 Å². The van der Waals surface area contributed by atoms with E-state index in [2.05, 4.69) is 20.3 Å². The molecule has 0 aliphatic carbocycles. The first-order chi connectivity index (χ1) is 8.22. The molecule has 0 N–H and O–H groups in total. The molecule has 0 atom stereocenters. The summed E-state index contributed by atoms with van der Waals surface area (Å²) in [6.45, 7) is -0.0515. The number of rotatable bonds is 3. The molecule has 1 aromatic carbocycles. The number of carbonyl (C=O) groups is 1. The van der Waals surface area contributed by atoms with Crippen molar-refractivity contribution in [1.29, 1.82) is 0 Å². The van der Waals surface area contributed by atoms with Crippen LogP contribution < -0.4 is 0 Å². The lowest BCUT2D eigenvalue weighted by molar-refractivity contribution is -0.141. The first-order valence-corrected chi connectivity index (χ1v) is 5.18. The first-order valence-electron chi connectivity index (χ1n) is 4.80. The molecule has 0 spiro atoms. The van der Waals surface area contributed by atoms with Crippen molar-refractivity contribution in [2.75, 3.05) is 7.11 Å². The van der Waals surface area contributed by atoms with Gasteiger partial charge in [-0.25, -0.2) is 4.68 Å². The van der Waals surface area contributed by atoms with Crippen molar-refractivity contribution in [1.82, 2.24) is 20.2 Å². The highest BCUT2D eigenvalue weighted by Crippen LogP contribution is 2.24. The molecule has 6 nitrogen and oxygen atoms in total. The molecule has 0 fully saturated rings. The molecule has 1 heterocycles. The normalized spacial score (nSPS) is 10.2. The number of hydrogen-bond acceptors (Lipinski definition) is 5. The average Bonchev–Trinajstić information content (AvgIpc) is 2.77. The Morgan fingerprint density at radius 2 is 2.24 bits per heavy atom. The minimum Gasteiger partial charge on any atom is -0.468 e. The van der Waals surface area contributed by atoms with Crippen molar-refractivity contribution >= 4 is 17.6 Å². The van der Waals surface area contributed by atoms with Gasteiger partial charge in [0.05, 0.1) is 12.1 Å². The molecule has 0 saturated heterocycles. The lowest BCUT2D eigenvalue weighted by atomic mass is 10.2. The first kappa shape index (κ1) is 11.5. The third-order valence-corrected chi connectivity index (χ3v) is 2.48. The Morgan fingerprint density at radius 3 is 2.94 bits per heavy atom. The van der Waals surface area contributed by atoms with E-state index in [0.29, 0.717) is 16.4 Å². The van der Waals surface area contributed by atoms with Gasteiger partial charge in [0.15, 0.2) is 5.82 Å². The minimum atomic E-state index is -0.425. The van der Waals surface area contributed by atoms with Gasteiger partial charge in [0, 0.05) is 5.56 Å². The van der Waals surface area contributed by atoms with Gasteiger partial charge in [0.1, 0.15) is 6.54 Å². The molecular weight excluding hydrogens is 244 g/mol. The molecule has 2 rings (SSSR count). The molecule has 88 valence electrons. The van der Waals surface area contributed by atoms with Crippen molar-refractivity contribution in [3.8, 4) is 11.4 Å². The largest absolute Gasteiger partial charge is 0.468 e. The molecule has 7 heteroatoms. The fourth-order valence-corrected chi connectivity index (χ4v) is 1.55. The van der Waals surface area contributed by atoms with Crippen LogP contribution in [-0.4, -0.2) is 33.3 Å². The predicted octanol–water partition coefficient (Wildman–Crippen LogP) is 1.17. The molecule has 0 amide bonds. The maximum atomic E-state index is 11.2. The Hall–Kier alpha value is -1.95. The third kappa shape index (κ3) is 2.42. The number of halogens is 1. The predicted molar refractivity (Wildman–Crippen MR) is 60.3 cm³/mol. The zero-order valence-corrected chi connectivity index (χ0v) is 9.76. The molecule has 0 aliphatic heterocycles.